The fraction of sp³-hybridized carbons (Fsp3) is 0.333. The molecule has 0 heterocycles. The highest BCUT2D eigenvalue weighted by Gasteiger charge is 2.31. The van der Waals surface area contributed by atoms with E-state index in [2.05, 4.69) is 49.3 Å². The van der Waals surface area contributed by atoms with Crippen LogP contribution in [0.4, 0.5) is 0 Å². The zero-order valence-electron chi connectivity index (χ0n) is 12.3. The Morgan fingerprint density at radius 1 is 1.00 bits per heavy atom. The van der Waals surface area contributed by atoms with Gasteiger partial charge in [-0.3, -0.25) is 0 Å². The summed E-state index contributed by atoms with van der Waals surface area (Å²) in [4.78, 5) is 2.26. The van der Waals surface area contributed by atoms with E-state index in [1.54, 1.807) is 0 Å². The predicted octanol–water partition coefficient (Wildman–Crippen LogP) is 5.17. The van der Waals surface area contributed by atoms with Gasteiger partial charge in [-0.2, -0.15) is 0 Å². The van der Waals surface area contributed by atoms with Crippen molar-refractivity contribution in [2.75, 3.05) is 20.6 Å². The van der Waals surface area contributed by atoms with Crippen LogP contribution in [0.1, 0.15) is 34.9 Å². The van der Waals surface area contributed by atoms with E-state index in [9.17, 15) is 0 Å². The normalized spacial score (nSPS) is 20.8. The number of nitrogens with zero attached hydrogens (tertiary/aromatic N) is 1. The average Bonchev–Trinajstić information content (AvgIpc) is 2.80. The molecule has 1 aliphatic rings. The SMILES string of the molecule is CN(C)C[C@@H]1C[C@@H](c2ccc(Cl)c(Cl)c2)c2ccccc21. The van der Waals surface area contributed by atoms with Gasteiger partial charge in [-0.1, -0.05) is 53.5 Å². The molecule has 2 atom stereocenters. The lowest BCUT2D eigenvalue weighted by Gasteiger charge is -2.17. The largest absolute Gasteiger partial charge is 0.309 e. The molecule has 0 bridgehead atoms. The summed E-state index contributed by atoms with van der Waals surface area (Å²) >= 11 is 12.2. The molecule has 2 aromatic carbocycles. The molecule has 0 unspecified atom stereocenters. The molecular weight excluding hydrogens is 301 g/mol. The average molecular weight is 320 g/mol. The maximum Gasteiger partial charge on any atom is 0.0595 e. The van der Waals surface area contributed by atoms with Crippen molar-refractivity contribution in [2.24, 2.45) is 0 Å². The molecule has 0 saturated carbocycles. The fourth-order valence-electron chi connectivity index (χ4n) is 3.40. The molecule has 0 saturated heterocycles. The minimum absolute atomic E-state index is 0.418. The van der Waals surface area contributed by atoms with Crippen molar-refractivity contribution in [1.29, 1.82) is 0 Å². The Hall–Kier alpha value is -1.02. The molecule has 3 rings (SSSR count). The van der Waals surface area contributed by atoms with Crippen molar-refractivity contribution < 1.29 is 0 Å². The molecule has 0 spiro atoms. The number of benzene rings is 2. The summed E-state index contributed by atoms with van der Waals surface area (Å²) in [5, 5.41) is 1.26. The van der Waals surface area contributed by atoms with E-state index < -0.39 is 0 Å². The monoisotopic (exact) mass is 319 g/mol. The molecule has 3 heteroatoms. The molecule has 21 heavy (non-hydrogen) atoms. The second kappa shape index (κ2) is 6.00. The van der Waals surface area contributed by atoms with Gasteiger partial charge in [0, 0.05) is 12.5 Å². The first-order valence-electron chi connectivity index (χ1n) is 7.24. The number of rotatable bonds is 3. The van der Waals surface area contributed by atoms with Crippen molar-refractivity contribution in [3.63, 3.8) is 0 Å². The van der Waals surface area contributed by atoms with Crippen LogP contribution in [0.25, 0.3) is 0 Å². The Morgan fingerprint density at radius 3 is 2.38 bits per heavy atom. The summed E-state index contributed by atoms with van der Waals surface area (Å²) in [5.41, 5.74) is 4.17. The summed E-state index contributed by atoms with van der Waals surface area (Å²) in [6.07, 6.45) is 1.13. The zero-order chi connectivity index (χ0) is 15.0. The molecule has 0 aliphatic heterocycles. The van der Waals surface area contributed by atoms with Gasteiger partial charge in [-0.05, 0) is 55.3 Å². The van der Waals surface area contributed by atoms with E-state index >= 15 is 0 Å². The molecule has 0 radical (unpaired) electrons. The lowest BCUT2D eigenvalue weighted by molar-refractivity contribution is 0.368. The molecule has 0 amide bonds. The van der Waals surface area contributed by atoms with Crippen LogP contribution in [0.3, 0.4) is 0 Å². The van der Waals surface area contributed by atoms with Crippen LogP contribution in [0.5, 0.6) is 0 Å². The van der Waals surface area contributed by atoms with Crippen LogP contribution in [0, 0.1) is 0 Å². The molecule has 1 aliphatic carbocycles. The van der Waals surface area contributed by atoms with Crippen LogP contribution in [-0.2, 0) is 0 Å². The standard InChI is InChI=1S/C18H19Cl2N/c1-21(2)11-13-9-16(15-6-4-3-5-14(13)15)12-7-8-17(19)18(20)10-12/h3-8,10,13,16H,9,11H2,1-2H3/t13-,16-/m0/s1. The van der Waals surface area contributed by atoms with Crippen molar-refractivity contribution in [1.82, 2.24) is 4.90 Å². The first-order chi connectivity index (χ1) is 10.1. The maximum absolute atomic E-state index is 6.20. The summed E-state index contributed by atoms with van der Waals surface area (Å²) in [7, 11) is 4.27. The maximum atomic E-state index is 6.20. The molecular formula is C18H19Cl2N. The highest BCUT2D eigenvalue weighted by molar-refractivity contribution is 6.42. The number of hydrogen-bond acceptors (Lipinski definition) is 1. The van der Waals surface area contributed by atoms with Gasteiger partial charge >= 0.3 is 0 Å². The third-order valence-corrected chi connectivity index (χ3v) is 5.00. The third kappa shape index (κ3) is 2.96. The van der Waals surface area contributed by atoms with Gasteiger partial charge in [0.1, 0.15) is 0 Å². The first kappa shape index (κ1) is 14.9. The molecule has 0 fully saturated rings. The second-order valence-corrected chi connectivity index (χ2v) is 6.86. The van der Waals surface area contributed by atoms with E-state index in [0.29, 0.717) is 21.9 Å². The highest BCUT2D eigenvalue weighted by Crippen LogP contribution is 2.46. The smallest absolute Gasteiger partial charge is 0.0595 e. The van der Waals surface area contributed by atoms with Gasteiger partial charge < -0.3 is 4.90 Å². The minimum Gasteiger partial charge on any atom is -0.309 e. The van der Waals surface area contributed by atoms with Crippen molar-refractivity contribution >= 4 is 23.2 Å². The first-order valence-corrected chi connectivity index (χ1v) is 8.00. The molecule has 0 N–H and O–H groups in total. The van der Waals surface area contributed by atoms with E-state index in [1.165, 1.54) is 16.7 Å². The number of fused-ring (bicyclic) bond motifs is 1. The van der Waals surface area contributed by atoms with E-state index in [1.807, 2.05) is 12.1 Å². The topological polar surface area (TPSA) is 3.24 Å². The van der Waals surface area contributed by atoms with E-state index in [-0.39, 0.29) is 0 Å². The predicted molar refractivity (Wildman–Crippen MR) is 90.7 cm³/mol. The summed E-state index contributed by atoms with van der Waals surface area (Å²) in [5.74, 6) is 0.997. The molecule has 110 valence electrons. The number of halogens is 2. The summed E-state index contributed by atoms with van der Waals surface area (Å²) in [6.45, 7) is 1.08. The zero-order valence-corrected chi connectivity index (χ0v) is 13.8. The lowest BCUT2D eigenvalue weighted by Crippen LogP contribution is -2.19. The Labute approximate surface area is 136 Å². The van der Waals surface area contributed by atoms with E-state index in [0.717, 1.165) is 13.0 Å². The van der Waals surface area contributed by atoms with Crippen LogP contribution in [-0.4, -0.2) is 25.5 Å². The van der Waals surface area contributed by atoms with Gasteiger partial charge in [0.05, 0.1) is 10.0 Å². The Bertz CT molecular complexity index is 651. The highest BCUT2D eigenvalue weighted by atomic mass is 35.5. The fourth-order valence-corrected chi connectivity index (χ4v) is 3.70. The van der Waals surface area contributed by atoms with Crippen LogP contribution < -0.4 is 0 Å². The molecule has 0 aromatic heterocycles. The van der Waals surface area contributed by atoms with Gasteiger partial charge in [0.25, 0.3) is 0 Å². The molecule has 1 nitrogen and oxygen atoms in total. The third-order valence-electron chi connectivity index (χ3n) is 4.26. The van der Waals surface area contributed by atoms with E-state index in [4.69, 9.17) is 23.2 Å². The molecule has 2 aromatic rings. The van der Waals surface area contributed by atoms with Gasteiger partial charge in [-0.25, -0.2) is 0 Å². The van der Waals surface area contributed by atoms with Crippen molar-refractivity contribution in [3.05, 3.63) is 69.2 Å². The number of likely N-dealkylation sites (N-methyl/N-ethyl adjacent to an activating group) is 1. The Morgan fingerprint density at radius 2 is 1.71 bits per heavy atom. The minimum atomic E-state index is 0.418. The second-order valence-electron chi connectivity index (χ2n) is 6.05. The van der Waals surface area contributed by atoms with Crippen LogP contribution in [0.2, 0.25) is 10.0 Å². The Balaban J connectivity index is 1.99. The lowest BCUT2D eigenvalue weighted by atomic mass is 9.92. The summed E-state index contributed by atoms with van der Waals surface area (Å²) < 4.78 is 0. The number of hydrogen-bond donors (Lipinski definition) is 0. The Kier molecular flexibility index (Phi) is 4.26. The van der Waals surface area contributed by atoms with Crippen LogP contribution in [0.15, 0.2) is 42.5 Å². The quantitative estimate of drug-likeness (QED) is 0.754. The van der Waals surface area contributed by atoms with Crippen LogP contribution >= 0.6 is 23.2 Å². The van der Waals surface area contributed by atoms with Crippen molar-refractivity contribution in [3.8, 4) is 0 Å². The van der Waals surface area contributed by atoms with Gasteiger partial charge in [-0.15, -0.1) is 0 Å². The van der Waals surface area contributed by atoms with Gasteiger partial charge in [0.2, 0.25) is 0 Å². The van der Waals surface area contributed by atoms with Crippen molar-refractivity contribution in [2.45, 2.75) is 18.3 Å². The van der Waals surface area contributed by atoms with Gasteiger partial charge in [0.15, 0.2) is 0 Å². The summed E-state index contributed by atoms with van der Waals surface area (Å²) in [6, 6.07) is 14.8.